The summed E-state index contributed by atoms with van der Waals surface area (Å²) in [6, 6.07) is 9.96. The zero-order valence-corrected chi connectivity index (χ0v) is 13.5. The highest BCUT2D eigenvalue weighted by Crippen LogP contribution is 2.33. The van der Waals surface area contributed by atoms with Gasteiger partial charge in [-0.05, 0) is 29.7 Å². The smallest absolute Gasteiger partial charge is 0.257 e. The van der Waals surface area contributed by atoms with Crippen molar-refractivity contribution in [3.05, 3.63) is 70.5 Å². The van der Waals surface area contributed by atoms with E-state index in [1.54, 1.807) is 0 Å². The van der Waals surface area contributed by atoms with Gasteiger partial charge < -0.3 is 4.90 Å². The summed E-state index contributed by atoms with van der Waals surface area (Å²) in [5.41, 5.74) is 2.02. The molecule has 2 aliphatic rings. The molecule has 1 unspecified atom stereocenters. The van der Waals surface area contributed by atoms with E-state index in [9.17, 15) is 18.0 Å². The highest BCUT2D eigenvalue weighted by molar-refractivity contribution is 5.94. The van der Waals surface area contributed by atoms with Gasteiger partial charge in [-0.2, -0.15) is 0 Å². The molecule has 4 rings (SSSR count). The second-order valence-electron chi connectivity index (χ2n) is 6.47. The number of halogens is 3. The molecule has 1 fully saturated rings. The van der Waals surface area contributed by atoms with E-state index in [1.165, 1.54) is 16.0 Å². The third-order valence-electron chi connectivity index (χ3n) is 5.13. The van der Waals surface area contributed by atoms with Crippen molar-refractivity contribution in [2.45, 2.75) is 12.5 Å². The monoisotopic (exact) mass is 346 g/mol. The fraction of sp³-hybridized carbons (Fsp3) is 0.316. The molecule has 0 aromatic heterocycles. The van der Waals surface area contributed by atoms with E-state index in [1.807, 2.05) is 12.1 Å². The first kappa shape index (κ1) is 16.1. The topological polar surface area (TPSA) is 23.6 Å². The van der Waals surface area contributed by atoms with E-state index in [2.05, 4.69) is 17.0 Å². The molecule has 0 radical (unpaired) electrons. The zero-order valence-electron chi connectivity index (χ0n) is 13.5. The van der Waals surface area contributed by atoms with Gasteiger partial charge in [0, 0.05) is 26.2 Å². The number of nitrogens with zero attached hydrogens (tertiary/aromatic N) is 2. The van der Waals surface area contributed by atoms with E-state index in [0.29, 0.717) is 19.6 Å². The van der Waals surface area contributed by atoms with Gasteiger partial charge in [0.15, 0.2) is 17.5 Å². The van der Waals surface area contributed by atoms with E-state index in [0.717, 1.165) is 25.1 Å². The zero-order chi connectivity index (χ0) is 17.6. The number of rotatable bonds is 1. The maximum atomic E-state index is 14.0. The number of amides is 1. The van der Waals surface area contributed by atoms with E-state index in [-0.39, 0.29) is 6.04 Å². The van der Waals surface area contributed by atoms with Gasteiger partial charge in [0.1, 0.15) is 0 Å². The maximum absolute atomic E-state index is 14.0. The Hall–Kier alpha value is -2.34. The van der Waals surface area contributed by atoms with Crippen molar-refractivity contribution in [3.8, 4) is 0 Å². The van der Waals surface area contributed by atoms with Crippen LogP contribution in [0.15, 0.2) is 36.4 Å². The lowest BCUT2D eigenvalue weighted by Gasteiger charge is -2.44. The number of benzene rings is 2. The molecule has 2 heterocycles. The molecule has 3 nitrogen and oxygen atoms in total. The number of carbonyl (C=O) groups is 1. The third kappa shape index (κ3) is 2.70. The van der Waals surface area contributed by atoms with Gasteiger partial charge in [-0.3, -0.25) is 9.69 Å². The molecule has 2 aliphatic heterocycles. The molecular weight excluding hydrogens is 329 g/mol. The average Bonchev–Trinajstić information content (AvgIpc) is 2.65. The van der Waals surface area contributed by atoms with Crippen LogP contribution in [0.2, 0.25) is 0 Å². The lowest BCUT2D eigenvalue weighted by molar-refractivity contribution is 0.0449. The van der Waals surface area contributed by atoms with Crippen molar-refractivity contribution in [3.63, 3.8) is 0 Å². The maximum Gasteiger partial charge on any atom is 0.257 e. The molecule has 25 heavy (non-hydrogen) atoms. The predicted molar refractivity (Wildman–Crippen MR) is 86.7 cm³/mol. The first-order valence-corrected chi connectivity index (χ1v) is 8.31. The van der Waals surface area contributed by atoms with Crippen molar-refractivity contribution in [1.29, 1.82) is 0 Å². The molecule has 6 heteroatoms. The summed E-state index contributed by atoms with van der Waals surface area (Å²) in [6.45, 7) is 2.45. The van der Waals surface area contributed by atoms with Crippen LogP contribution in [0.3, 0.4) is 0 Å². The van der Waals surface area contributed by atoms with Crippen molar-refractivity contribution < 1.29 is 18.0 Å². The van der Waals surface area contributed by atoms with Crippen LogP contribution in [0.5, 0.6) is 0 Å². The Kier molecular flexibility index (Phi) is 4.00. The van der Waals surface area contributed by atoms with Crippen LogP contribution in [0.4, 0.5) is 13.2 Å². The Morgan fingerprint density at radius 3 is 2.60 bits per heavy atom. The molecule has 0 bridgehead atoms. The summed E-state index contributed by atoms with van der Waals surface area (Å²) in [5.74, 6) is -4.91. The van der Waals surface area contributed by atoms with Crippen LogP contribution in [0.25, 0.3) is 0 Å². The SMILES string of the molecule is O=C(c1ccc(F)c(F)c1F)N1CCN2CCc3ccccc3C2C1. The largest absolute Gasteiger partial charge is 0.335 e. The van der Waals surface area contributed by atoms with Gasteiger partial charge in [0.05, 0.1) is 11.6 Å². The minimum atomic E-state index is -1.60. The van der Waals surface area contributed by atoms with Gasteiger partial charge >= 0.3 is 0 Å². The van der Waals surface area contributed by atoms with Crippen LogP contribution in [0, 0.1) is 17.5 Å². The standard InChI is InChI=1S/C19H17F3N2O/c20-15-6-5-14(17(21)18(15)22)19(25)24-10-9-23-8-7-12-3-1-2-4-13(12)16(23)11-24/h1-6,16H,7-11H2. The van der Waals surface area contributed by atoms with E-state index >= 15 is 0 Å². The number of fused-ring (bicyclic) bond motifs is 3. The molecule has 0 spiro atoms. The molecular formula is C19H17F3N2O. The fourth-order valence-corrected chi connectivity index (χ4v) is 3.78. The van der Waals surface area contributed by atoms with Crippen molar-refractivity contribution in [1.82, 2.24) is 9.80 Å². The highest BCUT2D eigenvalue weighted by Gasteiger charge is 2.35. The Balaban J connectivity index is 1.62. The quantitative estimate of drug-likeness (QED) is 0.741. The first-order valence-electron chi connectivity index (χ1n) is 8.31. The number of hydrogen-bond donors (Lipinski definition) is 0. The Morgan fingerprint density at radius 2 is 1.76 bits per heavy atom. The van der Waals surface area contributed by atoms with Crippen LogP contribution in [-0.4, -0.2) is 41.9 Å². The summed E-state index contributed by atoms with van der Waals surface area (Å²) in [5, 5.41) is 0. The van der Waals surface area contributed by atoms with Crippen molar-refractivity contribution in [2.24, 2.45) is 0 Å². The summed E-state index contributed by atoms with van der Waals surface area (Å²) in [6.07, 6.45) is 0.971. The number of piperazine rings is 1. The van der Waals surface area contributed by atoms with Gasteiger partial charge in [-0.15, -0.1) is 0 Å². The lowest BCUT2D eigenvalue weighted by Crippen LogP contribution is -2.52. The van der Waals surface area contributed by atoms with Crippen molar-refractivity contribution >= 4 is 5.91 Å². The molecule has 1 atom stereocenters. The summed E-state index contributed by atoms with van der Waals surface area (Å²) < 4.78 is 40.5. The average molecular weight is 346 g/mol. The Labute approximate surface area is 143 Å². The fourth-order valence-electron chi connectivity index (χ4n) is 3.78. The van der Waals surface area contributed by atoms with Crippen LogP contribution in [0.1, 0.15) is 27.5 Å². The molecule has 2 aromatic carbocycles. The summed E-state index contributed by atoms with van der Waals surface area (Å²) in [7, 11) is 0. The molecule has 2 aromatic rings. The van der Waals surface area contributed by atoms with E-state index < -0.39 is 28.9 Å². The molecule has 130 valence electrons. The van der Waals surface area contributed by atoms with Gasteiger partial charge in [0.2, 0.25) is 0 Å². The van der Waals surface area contributed by atoms with E-state index in [4.69, 9.17) is 0 Å². The molecule has 0 saturated carbocycles. The normalized spacial score (nSPS) is 20.1. The highest BCUT2D eigenvalue weighted by atomic mass is 19.2. The van der Waals surface area contributed by atoms with Gasteiger partial charge in [-0.1, -0.05) is 24.3 Å². The minimum absolute atomic E-state index is 0.0519. The number of carbonyl (C=O) groups excluding carboxylic acids is 1. The first-order chi connectivity index (χ1) is 12.1. The molecule has 0 aliphatic carbocycles. The molecule has 0 N–H and O–H groups in total. The van der Waals surface area contributed by atoms with Crippen LogP contribution >= 0.6 is 0 Å². The van der Waals surface area contributed by atoms with Gasteiger partial charge in [0.25, 0.3) is 5.91 Å². The predicted octanol–water partition coefficient (Wildman–Crippen LogP) is 3.16. The summed E-state index contributed by atoms with van der Waals surface area (Å²) in [4.78, 5) is 16.5. The second-order valence-corrected chi connectivity index (χ2v) is 6.47. The lowest BCUT2D eigenvalue weighted by atomic mass is 9.91. The molecule has 1 saturated heterocycles. The Morgan fingerprint density at radius 1 is 0.960 bits per heavy atom. The number of hydrogen-bond acceptors (Lipinski definition) is 2. The third-order valence-corrected chi connectivity index (χ3v) is 5.13. The second kappa shape index (κ2) is 6.19. The summed E-state index contributed by atoms with van der Waals surface area (Å²) >= 11 is 0. The van der Waals surface area contributed by atoms with Gasteiger partial charge in [-0.25, -0.2) is 13.2 Å². The minimum Gasteiger partial charge on any atom is -0.335 e. The Bertz CT molecular complexity index is 839. The van der Waals surface area contributed by atoms with Crippen LogP contribution in [-0.2, 0) is 6.42 Å². The molecule has 1 amide bonds. The van der Waals surface area contributed by atoms with Crippen LogP contribution < -0.4 is 0 Å². The van der Waals surface area contributed by atoms with Crippen molar-refractivity contribution in [2.75, 3.05) is 26.2 Å².